The van der Waals surface area contributed by atoms with Gasteiger partial charge >= 0.3 is 5.97 Å². The van der Waals surface area contributed by atoms with Crippen molar-refractivity contribution in [1.82, 2.24) is 0 Å². The van der Waals surface area contributed by atoms with Crippen LogP contribution in [-0.4, -0.2) is 11.1 Å². The molecule has 1 aliphatic carbocycles. The minimum atomic E-state index is -0.796. The first-order valence-corrected chi connectivity index (χ1v) is 12.0. The summed E-state index contributed by atoms with van der Waals surface area (Å²) in [5, 5.41) is 8.81. The van der Waals surface area contributed by atoms with Crippen LogP contribution in [0.2, 0.25) is 0 Å². The molecule has 2 rings (SSSR count). The minimum Gasteiger partial charge on any atom is -0.481 e. The third-order valence-electron chi connectivity index (χ3n) is 6.76. The Labute approximate surface area is 190 Å². The number of carbonyl (C=O) groups is 1. The van der Waals surface area contributed by atoms with Gasteiger partial charge in [-0.25, -0.2) is 0 Å². The molecule has 0 unspecified atom stereocenters. The van der Waals surface area contributed by atoms with Gasteiger partial charge in [0.25, 0.3) is 0 Å². The summed E-state index contributed by atoms with van der Waals surface area (Å²) in [6.07, 6.45) is 18.8. The molecule has 0 bridgehead atoms. The molecule has 0 spiro atoms. The number of allylic oxidation sites excluding steroid dienone is 4. The molecule has 0 atom stereocenters. The molecule has 2 heteroatoms. The summed E-state index contributed by atoms with van der Waals surface area (Å²) in [5.41, 5.74) is 7.25. The molecule has 1 aromatic rings. The fourth-order valence-corrected chi connectivity index (χ4v) is 4.47. The van der Waals surface area contributed by atoms with Gasteiger partial charge in [-0.2, -0.15) is 0 Å². The molecule has 0 saturated heterocycles. The summed E-state index contributed by atoms with van der Waals surface area (Å²) < 4.78 is 0. The van der Waals surface area contributed by atoms with Crippen molar-refractivity contribution in [3.8, 4) is 0 Å². The molecule has 1 N–H and O–H groups in total. The number of unbranched alkanes of at least 4 members (excludes halogenated alkanes) is 3. The number of aryl methyl sites for hydroxylation is 1. The van der Waals surface area contributed by atoms with Crippen LogP contribution in [0.5, 0.6) is 0 Å². The molecular weight excluding hydrogens is 380 g/mol. The van der Waals surface area contributed by atoms with Crippen LogP contribution in [0.25, 0.3) is 6.08 Å². The molecule has 1 aromatic carbocycles. The average molecular weight is 423 g/mol. The first-order valence-electron chi connectivity index (χ1n) is 12.0. The predicted molar refractivity (Wildman–Crippen MR) is 134 cm³/mol. The first kappa shape index (κ1) is 25.2. The first-order chi connectivity index (χ1) is 14.6. The van der Waals surface area contributed by atoms with E-state index in [1.54, 1.807) is 6.08 Å². The van der Waals surface area contributed by atoms with E-state index in [4.69, 9.17) is 5.11 Å². The Bertz CT molecular complexity index is 850. The summed E-state index contributed by atoms with van der Waals surface area (Å²) in [4.78, 5) is 10.7. The quantitative estimate of drug-likeness (QED) is 0.305. The molecule has 0 radical (unpaired) electrons. The summed E-state index contributed by atoms with van der Waals surface area (Å²) >= 11 is 0. The van der Waals surface area contributed by atoms with Crippen LogP contribution in [-0.2, 0) is 22.0 Å². The molecule has 0 fully saturated rings. The van der Waals surface area contributed by atoms with Gasteiger partial charge in [-0.05, 0) is 65.7 Å². The van der Waals surface area contributed by atoms with Gasteiger partial charge in [0.2, 0.25) is 0 Å². The lowest BCUT2D eigenvalue weighted by atomic mass is 9.62. The number of rotatable bonds is 10. The van der Waals surface area contributed by atoms with Crippen molar-refractivity contribution < 1.29 is 9.90 Å². The van der Waals surface area contributed by atoms with E-state index in [2.05, 4.69) is 58.9 Å². The van der Waals surface area contributed by atoms with Gasteiger partial charge in [0.05, 0.1) is 6.42 Å². The Morgan fingerprint density at radius 2 is 1.65 bits per heavy atom. The Balaban J connectivity index is 2.35. The van der Waals surface area contributed by atoms with Gasteiger partial charge in [-0.3, -0.25) is 4.79 Å². The number of benzene rings is 1. The van der Waals surface area contributed by atoms with Gasteiger partial charge < -0.3 is 5.11 Å². The van der Waals surface area contributed by atoms with Crippen molar-refractivity contribution in [3.63, 3.8) is 0 Å². The van der Waals surface area contributed by atoms with E-state index in [1.165, 1.54) is 60.8 Å². The van der Waals surface area contributed by atoms with Crippen LogP contribution in [0.4, 0.5) is 0 Å². The summed E-state index contributed by atoms with van der Waals surface area (Å²) in [6.45, 7) is 13.8. The van der Waals surface area contributed by atoms with Crippen LogP contribution < -0.4 is 0 Å². The fraction of sp³-hybridized carbons (Fsp3) is 0.552. The largest absolute Gasteiger partial charge is 0.481 e. The molecule has 170 valence electrons. The lowest BCUT2D eigenvalue weighted by molar-refractivity contribution is -0.136. The van der Waals surface area contributed by atoms with Crippen LogP contribution in [0.3, 0.4) is 0 Å². The number of hydrogen-bond acceptors (Lipinski definition) is 1. The molecule has 1 aliphatic rings. The van der Waals surface area contributed by atoms with Gasteiger partial charge in [0, 0.05) is 0 Å². The summed E-state index contributed by atoms with van der Waals surface area (Å²) in [6, 6.07) is 4.95. The van der Waals surface area contributed by atoms with E-state index >= 15 is 0 Å². The normalized spacial score (nSPS) is 17.9. The van der Waals surface area contributed by atoms with E-state index in [1.807, 2.05) is 19.1 Å². The topological polar surface area (TPSA) is 37.3 Å². The number of carboxylic acid groups (broad SMARTS) is 1. The lowest BCUT2D eigenvalue weighted by Gasteiger charge is -2.42. The summed E-state index contributed by atoms with van der Waals surface area (Å²) in [5.74, 6) is -0.796. The van der Waals surface area contributed by atoms with Crippen LogP contribution in [0.15, 0.2) is 42.0 Å². The second kappa shape index (κ2) is 11.0. The average Bonchev–Trinajstić information content (AvgIpc) is 2.70. The highest BCUT2D eigenvalue weighted by Crippen LogP contribution is 2.46. The molecule has 0 aromatic heterocycles. The minimum absolute atomic E-state index is 0.0670. The van der Waals surface area contributed by atoms with Crippen molar-refractivity contribution in [2.75, 3.05) is 0 Å². The third kappa shape index (κ3) is 7.23. The Morgan fingerprint density at radius 3 is 2.26 bits per heavy atom. The molecule has 0 saturated carbocycles. The Kier molecular flexibility index (Phi) is 8.91. The maximum absolute atomic E-state index is 10.7. The zero-order chi connectivity index (χ0) is 23.1. The maximum atomic E-state index is 10.7. The highest BCUT2D eigenvalue weighted by atomic mass is 16.4. The zero-order valence-electron chi connectivity index (χ0n) is 20.6. The van der Waals surface area contributed by atoms with Gasteiger partial charge in [-0.15, -0.1) is 0 Å². The van der Waals surface area contributed by atoms with Crippen molar-refractivity contribution in [3.05, 3.63) is 64.3 Å². The van der Waals surface area contributed by atoms with Crippen molar-refractivity contribution in [2.45, 2.75) is 104 Å². The third-order valence-corrected chi connectivity index (χ3v) is 6.76. The Morgan fingerprint density at radius 1 is 1.00 bits per heavy atom. The van der Waals surface area contributed by atoms with Gasteiger partial charge in [0.15, 0.2) is 0 Å². The van der Waals surface area contributed by atoms with E-state index in [-0.39, 0.29) is 17.3 Å². The van der Waals surface area contributed by atoms with Gasteiger partial charge in [-0.1, -0.05) is 102 Å². The van der Waals surface area contributed by atoms with E-state index in [0.717, 1.165) is 12.0 Å². The van der Waals surface area contributed by atoms with E-state index in [0.29, 0.717) is 0 Å². The van der Waals surface area contributed by atoms with Crippen LogP contribution in [0, 0.1) is 0 Å². The highest BCUT2D eigenvalue weighted by Gasteiger charge is 2.37. The second-order valence-corrected chi connectivity index (χ2v) is 10.4. The number of aliphatic carboxylic acids is 1. The monoisotopic (exact) mass is 422 g/mol. The Hall–Kier alpha value is -2.09. The highest BCUT2D eigenvalue weighted by molar-refractivity contribution is 5.69. The predicted octanol–water partition coefficient (Wildman–Crippen LogP) is 8.15. The van der Waals surface area contributed by atoms with Gasteiger partial charge in [0.1, 0.15) is 0 Å². The molecular formula is C29H42O2. The standard InChI is InChI=1S/C29H42O2/c1-7-8-9-10-14-23-20-25-26(29(5,6)19-18-28(25,3)4)21-24(23)15-12-11-13-22(2)16-17-27(30)31/h11-13,15-16,20-21H,7-10,14,17-19H2,1-6H3,(H,30,31)/b13-11+,15-12+,22-16+. The van der Waals surface area contributed by atoms with Crippen molar-refractivity contribution in [2.24, 2.45) is 0 Å². The number of fused-ring (bicyclic) bond motifs is 1. The molecule has 0 heterocycles. The maximum Gasteiger partial charge on any atom is 0.307 e. The van der Waals surface area contributed by atoms with Crippen molar-refractivity contribution >= 4 is 12.0 Å². The fourth-order valence-electron chi connectivity index (χ4n) is 4.47. The van der Waals surface area contributed by atoms with Crippen LogP contribution in [0.1, 0.15) is 109 Å². The van der Waals surface area contributed by atoms with Crippen LogP contribution >= 0.6 is 0 Å². The molecule has 31 heavy (non-hydrogen) atoms. The SMILES string of the molecule is CCCCCCc1cc2c(cc1/C=C/C=C/C(C)=C/CC(=O)O)C(C)(C)CCC2(C)C. The lowest BCUT2D eigenvalue weighted by Crippen LogP contribution is -2.34. The smallest absolute Gasteiger partial charge is 0.307 e. The summed E-state index contributed by atoms with van der Waals surface area (Å²) in [7, 11) is 0. The van der Waals surface area contributed by atoms with Crippen molar-refractivity contribution in [1.29, 1.82) is 0 Å². The molecule has 0 amide bonds. The number of carboxylic acids is 1. The van der Waals surface area contributed by atoms with E-state index in [9.17, 15) is 4.79 Å². The molecule has 0 aliphatic heterocycles. The zero-order valence-corrected chi connectivity index (χ0v) is 20.6. The second-order valence-electron chi connectivity index (χ2n) is 10.4. The van der Waals surface area contributed by atoms with E-state index < -0.39 is 5.97 Å². The molecule has 2 nitrogen and oxygen atoms in total. The number of hydrogen-bond donors (Lipinski definition) is 1.